The van der Waals surface area contributed by atoms with E-state index < -0.39 is 5.97 Å². The summed E-state index contributed by atoms with van der Waals surface area (Å²) < 4.78 is 7.39. The van der Waals surface area contributed by atoms with Crippen molar-refractivity contribution in [3.63, 3.8) is 0 Å². The van der Waals surface area contributed by atoms with Gasteiger partial charge in [-0.3, -0.25) is 4.68 Å². The molecule has 3 rings (SSSR count). The summed E-state index contributed by atoms with van der Waals surface area (Å²) >= 11 is 0. The molecule has 0 fully saturated rings. The topological polar surface area (TPSA) is 64.3 Å². The van der Waals surface area contributed by atoms with E-state index in [9.17, 15) is 4.79 Å². The molecule has 98 valence electrons. The molecule has 0 spiro atoms. The molecule has 0 radical (unpaired) electrons. The van der Waals surface area contributed by atoms with Crippen LogP contribution in [0, 0.1) is 0 Å². The highest BCUT2D eigenvalue weighted by molar-refractivity contribution is 5.85. The van der Waals surface area contributed by atoms with E-state index in [0.717, 1.165) is 6.42 Å². The van der Waals surface area contributed by atoms with Gasteiger partial charge >= 0.3 is 5.97 Å². The molecule has 1 atom stereocenters. The van der Waals surface area contributed by atoms with Gasteiger partial charge in [0.1, 0.15) is 6.10 Å². The Labute approximate surface area is 110 Å². The van der Waals surface area contributed by atoms with Crippen LogP contribution in [-0.4, -0.2) is 27.5 Å². The zero-order chi connectivity index (χ0) is 13.2. The van der Waals surface area contributed by atoms with E-state index in [2.05, 4.69) is 17.2 Å². The zero-order valence-electron chi connectivity index (χ0n) is 10.3. The lowest BCUT2D eigenvalue weighted by Crippen LogP contribution is -2.21. The van der Waals surface area contributed by atoms with Crippen LogP contribution >= 0.6 is 0 Å². The summed E-state index contributed by atoms with van der Waals surface area (Å²) in [6.07, 6.45) is 2.53. The molecule has 2 aromatic rings. The first-order valence-corrected chi connectivity index (χ1v) is 6.20. The number of carboxylic acid groups (broad SMARTS) is 1. The van der Waals surface area contributed by atoms with Gasteiger partial charge in [-0.1, -0.05) is 24.3 Å². The molecule has 0 aliphatic carbocycles. The van der Waals surface area contributed by atoms with E-state index in [1.165, 1.54) is 17.2 Å². The number of carboxylic acids is 1. The van der Waals surface area contributed by atoms with Gasteiger partial charge in [0.25, 0.3) is 0 Å². The lowest BCUT2D eigenvalue weighted by atomic mass is 9.98. The van der Waals surface area contributed by atoms with E-state index >= 15 is 0 Å². The van der Waals surface area contributed by atoms with Crippen molar-refractivity contribution in [3.8, 4) is 0 Å². The first-order chi connectivity index (χ1) is 9.24. The number of fused-ring (bicyclic) bond motifs is 1. The highest BCUT2D eigenvalue weighted by Gasteiger charge is 2.21. The van der Waals surface area contributed by atoms with Crippen molar-refractivity contribution < 1.29 is 14.6 Å². The van der Waals surface area contributed by atoms with Crippen LogP contribution in [0.3, 0.4) is 0 Å². The third-order valence-corrected chi connectivity index (χ3v) is 3.31. The average Bonchev–Trinajstić information content (AvgIpc) is 2.88. The Kier molecular flexibility index (Phi) is 3.05. The van der Waals surface area contributed by atoms with Gasteiger partial charge in [0, 0.05) is 6.20 Å². The van der Waals surface area contributed by atoms with E-state index in [1.54, 1.807) is 10.9 Å². The van der Waals surface area contributed by atoms with Gasteiger partial charge in [0.2, 0.25) is 0 Å². The molecular weight excluding hydrogens is 244 g/mol. The van der Waals surface area contributed by atoms with Crippen LogP contribution in [0.4, 0.5) is 0 Å². The molecule has 5 nitrogen and oxygen atoms in total. The second kappa shape index (κ2) is 4.85. The summed E-state index contributed by atoms with van der Waals surface area (Å²) in [5.74, 6) is -1.01. The Morgan fingerprint density at radius 1 is 1.42 bits per heavy atom. The fourth-order valence-electron chi connectivity index (χ4n) is 2.38. The molecule has 1 aliphatic rings. The number of aromatic nitrogens is 2. The maximum atomic E-state index is 10.8. The van der Waals surface area contributed by atoms with Crippen LogP contribution in [0.15, 0.2) is 36.5 Å². The normalized spacial score (nSPS) is 18.0. The minimum atomic E-state index is -1.01. The molecule has 1 unspecified atom stereocenters. The first-order valence-electron chi connectivity index (χ1n) is 6.20. The maximum Gasteiger partial charge on any atom is 0.356 e. The highest BCUT2D eigenvalue weighted by atomic mass is 16.5. The van der Waals surface area contributed by atoms with Crippen LogP contribution in [0.5, 0.6) is 0 Å². The van der Waals surface area contributed by atoms with Gasteiger partial charge < -0.3 is 9.84 Å². The largest absolute Gasteiger partial charge is 0.476 e. The van der Waals surface area contributed by atoms with Crippen LogP contribution in [-0.2, 0) is 17.7 Å². The smallest absolute Gasteiger partial charge is 0.356 e. The maximum absolute atomic E-state index is 10.8. The number of aromatic carboxylic acids is 1. The first kappa shape index (κ1) is 11.9. The van der Waals surface area contributed by atoms with Crippen LogP contribution in [0.25, 0.3) is 0 Å². The third kappa shape index (κ3) is 2.37. The standard InChI is InChI=1S/C14H14N2O3/c17-14(18)12-5-7-16(15-12)9-13-11-4-2-1-3-10(11)6-8-19-13/h1-5,7,13H,6,8-9H2,(H,17,18). The van der Waals surface area contributed by atoms with Crippen molar-refractivity contribution in [3.05, 3.63) is 53.3 Å². The minimum absolute atomic E-state index is 0.0593. The Balaban J connectivity index is 1.82. The molecule has 1 aromatic carbocycles. The summed E-state index contributed by atoms with van der Waals surface area (Å²) in [7, 11) is 0. The molecule has 1 N–H and O–H groups in total. The van der Waals surface area contributed by atoms with Gasteiger partial charge in [-0.25, -0.2) is 4.79 Å². The van der Waals surface area contributed by atoms with Gasteiger partial charge in [0.15, 0.2) is 5.69 Å². The molecule has 0 amide bonds. The molecule has 2 heterocycles. The van der Waals surface area contributed by atoms with Gasteiger partial charge in [0.05, 0.1) is 13.2 Å². The fraction of sp³-hybridized carbons (Fsp3) is 0.286. The lowest BCUT2D eigenvalue weighted by molar-refractivity contribution is 0.0281. The lowest BCUT2D eigenvalue weighted by Gasteiger charge is -2.25. The predicted octanol–water partition coefficient (Wildman–Crippen LogP) is 1.90. The number of ether oxygens (including phenoxy) is 1. The van der Waals surface area contributed by atoms with E-state index in [1.807, 2.05) is 12.1 Å². The number of rotatable bonds is 3. The Morgan fingerprint density at radius 3 is 3.05 bits per heavy atom. The molecule has 0 bridgehead atoms. The van der Waals surface area contributed by atoms with Crippen LogP contribution in [0.1, 0.15) is 27.7 Å². The van der Waals surface area contributed by atoms with Crippen molar-refractivity contribution in [2.75, 3.05) is 6.61 Å². The van der Waals surface area contributed by atoms with Crippen LogP contribution in [0.2, 0.25) is 0 Å². The SMILES string of the molecule is O=C(O)c1ccn(CC2OCCc3ccccc32)n1. The zero-order valence-corrected chi connectivity index (χ0v) is 10.3. The molecule has 1 aliphatic heterocycles. The second-order valence-corrected chi connectivity index (χ2v) is 4.54. The molecule has 1 aromatic heterocycles. The molecule has 0 saturated heterocycles. The predicted molar refractivity (Wildman–Crippen MR) is 68.0 cm³/mol. The van der Waals surface area contributed by atoms with Gasteiger partial charge in [-0.2, -0.15) is 5.10 Å². The number of carbonyl (C=O) groups is 1. The van der Waals surface area contributed by atoms with Gasteiger partial charge in [-0.05, 0) is 23.6 Å². The van der Waals surface area contributed by atoms with Crippen molar-refractivity contribution in [1.29, 1.82) is 0 Å². The Morgan fingerprint density at radius 2 is 2.26 bits per heavy atom. The van der Waals surface area contributed by atoms with Crippen molar-refractivity contribution in [2.45, 2.75) is 19.1 Å². The van der Waals surface area contributed by atoms with Crippen molar-refractivity contribution in [2.24, 2.45) is 0 Å². The van der Waals surface area contributed by atoms with Crippen molar-refractivity contribution in [1.82, 2.24) is 9.78 Å². The van der Waals surface area contributed by atoms with E-state index in [0.29, 0.717) is 13.2 Å². The summed E-state index contributed by atoms with van der Waals surface area (Å²) in [5.41, 5.74) is 2.52. The Hall–Kier alpha value is -2.14. The monoisotopic (exact) mass is 258 g/mol. The third-order valence-electron chi connectivity index (χ3n) is 3.31. The highest BCUT2D eigenvalue weighted by Crippen LogP contribution is 2.27. The summed E-state index contributed by atoms with van der Waals surface area (Å²) in [4.78, 5) is 10.8. The summed E-state index contributed by atoms with van der Waals surface area (Å²) in [5, 5.41) is 12.9. The van der Waals surface area contributed by atoms with Gasteiger partial charge in [-0.15, -0.1) is 0 Å². The molecular formula is C14H14N2O3. The summed E-state index contributed by atoms with van der Waals surface area (Å²) in [6, 6.07) is 9.68. The Bertz CT molecular complexity index is 606. The average molecular weight is 258 g/mol. The summed E-state index contributed by atoms with van der Waals surface area (Å²) in [6.45, 7) is 1.22. The molecule has 0 saturated carbocycles. The molecule has 5 heteroatoms. The van der Waals surface area contributed by atoms with E-state index in [-0.39, 0.29) is 11.8 Å². The van der Waals surface area contributed by atoms with E-state index in [4.69, 9.17) is 9.84 Å². The second-order valence-electron chi connectivity index (χ2n) is 4.54. The minimum Gasteiger partial charge on any atom is -0.476 e. The number of hydrogen-bond acceptors (Lipinski definition) is 3. The molecule has 19 heavy (non-hydrogen) atoms. The number of nitrogens with zero attached hydrogens (tertiary/aromatic N) is 2. The number of hydrogen-bond donors (Lipinski definition) is 1. The van der Waals surface area contributed by atoms with Crippen molar-refractivity contribution >= 4 is 5.97 Å². The van der Waals surface area contributed by atoms with Crippen LogP contribution < -0.4 is 0 Å². The number of benzene rings is 1. The quantitative estimate of drug-likeness (QED) is 0.913. The fourth-order valence-corrected chi connectivity index (χ4v) is 2.38.